The molecule has 5 rings (SSSR count). The molecule has 2 aromatic carbocycles. The van der Waals surface area contributed by atoms with Crippen LogP contribution in [0.15, 0.2) is 71.3 Å². The number of hydrogen-bond acceptors (Lipinski definition) is 7. The van der Waals surface area contributed by atoms with Gasteiger partial charge in [0.15, 0.2) is 0 Å². The number of nitrogens with one attached hydrogen (secondary N) is 1. The van der Waals surface area contributed by atoms with E-state index in [0.717, 1.165) is 16.8 Å². The molecule has 7 nitrogen and oxygen atoms in total. The molecule has 0 unspecified atom stereocenters. The van der Waals surface area contributed by atoms with Gasteiger partial charge >= 0.3 is 0 Å². The summed E-state index contributed by atoms with van der Waals surface area (Å²) < 4.78 is 16.3. The van der Waals surface area contributed by atoms with Crippen molar-refractivity contribution in [1.29, 1.82) is 0 Å². The Morgan fingerprint density at radius 1 is 1.06 bits per heavy atom. The molecule has 0 spiro atoms. The van der Waals surface area contributed by atoms with Crippen LogP contribution in [-0.2, 0) is 0 Å². The Bertz CT molecular complexity index is 1530. The van der Waals surface area contributed by atoms with Crippen LogP contribution in [0.3, 0.4) is 0 Å². The van der Waals surface area contributed by atoms with Gasteiger partial charge in [-0.1, -0.05) is 41.9 Å². The van der Waals surface area contributed by atoms with Crippen LogP contribution in [0.2, 0.25) is 5.02 Å². The minimum atomic E-state index is -0.403. The monoisotopic (exact) mass is 505 g/mol. The maximum absolute atomic E-state index is 13.3. The zero-order valence-corrected chi connectivity index (χ0v) is 20.4. The van der Waals surface area contributed by atoms with E-state index in [9.17, 15) is 4.79 Å². The van der Waals surface area contributed by atoms with Crippen LogP contribution in [0.1, 0.15) is 9.67 Å². The number of methoxy groups -OCH3 is 2. The van der Waals surface area contributed by atoms with Crippen molar-refractivity contribution in [2.45, 2.75) is 0 Å². The molecular weight excluding hydrogens is 486 g/mol. The number of aromatic nitrogens is 1. The standard InChI is InChI=1S/C26H20ClN3O4S/c1-32-20-13-18(21(33-2)12-16(20)27)29-25(31)24-23(28)22-15(19-9-6-10-34-19)11-17(30-26(22)35-24)14-7-4-3-5-8-14/h3-13H,28H2,1-2H3,(H,29,31). The molecule has 0 saturated heterocycles. The summed E-state index contributed by atoms with van der Waals surface area (Å²) in [7, 11) is 2.99. The molecule has 0 aliphatic carbocycles. The minimum absolute atomic E-state index is 0.320. The third kappa shape index (κ3) is 4.18. The van der Waals surface area contributed by atoms with Gasteiger partial charge in [-0.3, -0.25) is 4.79 Å². The van der Waals surface area contributed by atoms with E-state index in [0.29, 0.717) is 48.8 Å². The Labute approximate surface area is 210 Å². The minimum Gasteiger partial charge on any atom is -0.495 e. The number of hydrogen-bond donors (Lipinski definition) is 2. The molecule has 0 fully saturated rings. The third-order valence-electron chi connectivity index (χ3n) is 5.48. The van der Waals surface area contributed by atoms with E-state index in [1.165, 1.54) is 25.6 Å². The maximum atomic E-state index is 13.3. The quantitative estimate of drug-likeness (QED) is 0.265. The number of benzene rings is 2. The van der Waals surface area contributed by atoms with E-state index >= 15 is 0 Å². The summed E-state index contributed by atoms with van der Waals surface area (Å²) >= 11 is 7.40. The molecule has 1 amide bonds. The number of thiophene rings is 1. The van der Waals surface area contributed by atoms with Crippen molar-refractivity contribution in [3.05, 3.63) is 76.8 Å². The molecule has 0 aliphatic heterocycles. The van der Waals surface area contributed by atoms with Crippen molar-refractivity contribution in [3.8, 4) is 34.1 Å². The first kappa shape index (κ1) is 22.8. The fourth-order valence-electron chi connectivity index (χ4n) is 3.81. The van der Waals surface area contributed by atoms with Crippen molar-refractivity contribution in [1.82, 2.24) is 4.98 Å². The average molecular weight is 506 g/mol. The fourth-order valence-corrected chi connectivity index (χ4v) is 5.06. The smallest absolute Gasteiger partial charge is 0.268 e. The molecule has 3 aromatic heterocycles. The van der Waals surface area contributed by atoms with E-state index < -0.39 is 5.91 Å². The van der Waals surface area contributed by atoms with E-state index in [2.05, 4.69) is 5.32 Å². The lowest BCUT2D eigenvalue weighted by atomic mass is 10.0. The first-order chi connectivity index (χ1) is 17.0. The molecule has 0 radical (unpaired) electrons. The van der Waals surface area contributed by atoms with Crippen LogP contribution in [0.5, 0.6) is 11.5 Å². The molecule has 0 bridgehead atoms. The van der Waals surface area contributed by atoms with Crippen LogP contribution in [0, 0.1) is 0 Å². The van der Waals surface area contributed by atoms with Crippen LogP contribution < -0.4 is 20.5 Å². The number of fused-ring (bicyclic) bond motifs is 1. The molecule has 35 heavy (non-hydrogen) atoms. The van der Waals surface area contributed by atoms with Crippen molar-refractivity contribution in [2.24, 2.45) is 0 Å². The SMILES string of the molecule is COc1cc(NC(=O)c2sc3nc(-c4ccccc4)cc(-c4ccco4)c3c2N)c(OC)cc1Cl. The van der Waals surface area contributed by atoms with Gasteiger partial charge in [-0.15, -0.1) is 11.3 Å². The molecule has 3 heterocycles. The number of amides is 1. The number of carbonyl (C=O) groups excluding carboxylic acids is 1. The third-order valence-corrected chi connectivity index (χ3v) is 6.88. The molecule has 0 aliphatic rings. The van der Waals surface area contributed by atoms with Crippen LogP contribution in [0.25, 0.3) is 32.8 Å². The number of nitrogens with two attached hydrogens (primary N) is 1. The number of nitrogen functional groups attached to an aromatic ring is 1. The average Bonchev–Trinajstić information content (AvgIpc) is 3.53. The van der Waals surface area contributed by atoms with Crippen LogP contribution in [-0.4, -0.2) is 25.1 Å². The van der Waals surface area contributed by atoms with Gasteiger partial charge in [0.05, 0.1) is 42.6 Å². The number of halogens is 1. The summed E-state index contributed by atoms with van der Waals surface area (Å²) in [6, 6.07) is 18.6. The van der Waals surface area contributed by atoms with Crippen molar-refractivity contribution >= 4 is 50.4 Å². The van der Waals surface area contributed by atoms with E-state index in [4.69, 9.17) is 36.2 Å². The lowest BCUT2D eigenvalue weighted by Gasteiger charge is -2.13. The van der Waals surface area contributed by atoms with Gasteiger partial charge < -0.3 is 24.9 Å². The number of furan rings is 1. The normalized spacial score (nSPS) is 10.9. The van der Waals surface area contributed by atoms with Crippen molar-refractivity contribution in [2.75, 3.05) is 25.3 Å². The zero-order valence-electron chi connectivity index (χ0n) is 18.8. The van der Waals surface area contributed by atoms with Gasteiger partial charge in [-0.05, 0) is 18.2 Å². The number of rotatable bonds is 6. The van der Waals surface area contributed by atoms with Gasteiger partial charge in [0.2, 0.25) is 0 Å². The summed E-state index contributed by atoms with van der Waals surface area (Å²) in [5.41, 5.74) is 9.71. The van der Waals surface area contributed by atoms with Crippen molar-refractivity contribution < 1.29 is 18.7 Å². The number of pyridine rings is 1. The van der Waals surface area contributed by atoms with E-state index in [1.54, 1.807) is 24.5 Å². The van der Waals surface area contributed by atoms with Gasteiger partial charge in [-0.2, -0.15) is 0 Å². The summed E-state index contributed by atoms with van der Waals surface area (Å²) in [5.74, 6) is 1.03. The summed E-state index contributed by atoms with van der Waals surface area (Å²) in [5, 5.41) is 3.89. The lowest BCUT2D eigenvalue weighted by Crippen LogP contribution is -2.13. The highest BCUT2D eigenvalue weighted by atomic mass is 35.5. The van der Waals surface area contributed by atoms with E-state index in [1.807, 2.05) is 42.5 Å². The van der Waals surface area contributed by atoms with Crippen LogP contribution >= 0.6 is 22.9 Å². The maximum Gasteiger partial charge on any atom is 0.268 e. The molecule has 3 N–H and O–H groups in total. The first-order valence-electron chi connectivity index (χ1n) is 10.5. The highest BCUT2D eigenvalue weighted by Crippen LogP contribution is 2.42. The number of ether oxygens (including phenoxy) is 2. The first-order valence-corrected chi connectivity index (χ1v) is 11.7. The molecule has 176 valence electrons. The Balaban J connectivity index is 1.63. The Kier molecular flexibility index (Phi) is 6.07. The number of anilines is 2. The molecule has 0 atom stereocenters. The predicted molar refractivity (Wildman–Crippen MR) is 140 cm³/mol. The predicted octanol–water partition coefficient (Wildman–Crippen LogP) is 6.73. The Morgan fingerprint density at radius 3 is 2.51 bits per heavy atom. The largest absolute Gasteiger partial charge is 0.495 e. The second-order valence-corrected chi connectivity index (χ2v) is 8.97. The number of carbonyl (C=O) groups is 1. The Hall–Kier alpha value is -4.01. The van der Waals surface area contributed by atoms with Crippen LogP contribution in [0.4, 0.5) is 11.4 Å². The van der Waals surface area contributed by atoms with E-state index in [-0.39, 0.29) is 0 Å². The molecule has 9 heteroatoms. The summed E-state index contributed by atoms with van der Waals surface area (Å²) in [6.07, 6.45) is 1.60. The molecular formula is C26H20ClN3O4S. The van der Waals surface area contributed by atoms with Gasteiger partial charge in [0, 0.05) is 28.6 Å². The second kappa shape index (κ2) is 9.32. The fraction of sp³-hybridized carbons (Fsp3) is 0.0769. The second-order valence-electron chi connectivity index (χ2n) is 7.56. The molecule has 5 aromatic rings. The van der Waals surface area contributed by atoms with Crippen molar-refractivity contribution in [3.63, 3.8) is 0 Å². The topological polar surface area (TPSA) is 99.6 Å². The highest BCUT2D eigenvalue weighted by molar-refractivity contribution is 7.21. The zero-order chi connectivity index (χ0) is 24.5. The highest BCUT2D eigenvalue weighted by Gasteiger charge is 2.23. The lowest BCUT2D eigenvalue weighted by molar-refractivity contribution is 0.103. The van der Waals surface area contributed by atoms with Gasteiger partial charge in [-0.25, -0.2) is 4.98 Å². The summed E-state index contributed by atoms with van der Waals surface area (Å²) in [4.78, 5) is 19.1. The van der Waals surface area contributed by atoms with Gasteiger partial charge in [0.1, 0.15) is 27.0 Å². The van der Waals surface area contributed by atoms with Gasteiger partial charge in [0.25, 0.3) is 5.91 Å². The Morgan fingerprint density at radius 2 is 1.83 bits per heavy atom. The number of nitrogens with zero attached hydrogens (tertiary/aromatic N) is 1. The molecule has 0 saturated carbocycles. The summed E-state index contributed by atoms with van der Waals surface area (Å²) in [6.45, 7) is 0.